The van der Waals surface area contributed by atoms with Crippen LogP contribution in [0.25, 0.3) is 0 Å². The molecule has 0 spiro atoms. The van der Waals surface area contributed by atoms with Crippen LogP contribution in [-0.4, -0.2) is 73.3 Å². The van der Waals surface area contributed by atoms with E-state index in [2.05, 4.69) is 5.32 Å². The molecule has 0 radical (unpaired) electrons. The van der Waals surface area contributed by atoms with Gasteiger partial charge < -0.3 is 25.0 Å². The van der Waals surface area contributed by atoms with Crippen molar-refractivity contribution in [1.29, 1.82) is 0 Å². The zero-order chi connectivity index (χ0) is 19.9. The largest absolute Gasteiger partial charge is 0.497 e. The van der Waals surface area contributed by atoms with Crippen LogP contribution in [0.4, 0.5) is 4.79 Å². The van der Waals surface area contributed by atoms with Crippen molar-refractivity contribution in [2.45, 2.75) is 26.7 Å². The molecule has 2 rings (SSSR count). The first kappa shape index (κ1) is 21.0. The highest BCUT2D eigenvalue weighted by atomic mass is 16.5. The topological polar surface area (TPSA) is 82.1 Å². The highest BCUT2D eigenvalue weighted by Crippen LogP contribution is 2.20. The lowest BCUT2D eigenvalue weighted by atomic mass is 9.89. The molecule has 1 aliphatic rings. The van der Waals surface area contributed by atoms with Gasteiger partial charge in [-0.05, 0) is 42.5 Å². The van der Waals surface area contributed by atoms with Gasteiger partial charge in [0.1, 0.15) is 5.75 Å². The maximum Gasteiger partial charge on any atom is 0.317 e. The van der Waals surface area contributed by atoms with Crippen LogP contribution in [0.5, 0.6) is 5.75 Å². The Kier molecular flexibility index (Phi) is 7.47. The summed E-state index contributed by atoms with van der Waals surface area (Å²) in [6.45, 7) is 6.84. The second-order valence-corrected chi connectivity index (χ2v) is 7.67. The van der Waals surface area contributed by atoms with E-state index >= 15 is 0 Å². The molecule has 1 heterocycles. The number of aliphatic hydroxyl groups excluding tert-OH is 1. The number of urea groups is 1. The van der Waals surface area contributed by atoms with Crippen molar-refractivity contribution in [2.75, 3.05) is 46.4 Å². The van der Waals surface area contributed by atoms with Crippen molar-refractivity contribution in [1.82, 2.24) is 15.1 Å². The Morgan fingerprint density at radius 2 is 1.70 bits per heavy atom. The minimum atomic E-state index is -0.113. The van der Waals surface area contributed by atoms with Crippen LogP contribution in [0.3, 0.4) is 0 Å². The second kappa shape index (κ2) is 9.60. The highest BCUT2D eigenvalue weighted by molar-refractivity contribution is 5.94. The summed E-state index contributed by atoms with van der Waals surface area (Å²) >= 11 is 0. The number of rotatable bonds is 7. The first-order valence-electron chi connectivity index (χ1n) is 9.43. The smallest absolute Gasteiger partial charge is 0.317 e. The number of nitrogens with zero attached hydrogens (tertiary/aromatic N) is 2. The molecule has 3 amide bonds. The van der Waals surface area contributed by atoms with Crippen LogP contribution < -0.4 is 10.1 Å². The van der Waals surface area contributed by atoms with Gasteiger partial charge in [-0.2, -0.15) is 0 Å². The van der Waals surface area contributed by atoms with E-state index in [-0.39, 0.29) is 24.0 Å². The predicted octanol–water partition coefficient (Wildman–Crippen LogP) is 1.96. The number of carbonyl (C=O) groups is 2. The van der Waals surface area contributed by atoms with Gasteiger partial charge in [0.15, 0.2) is 0 Å². The van der Waals surface area contributed by atoms with E-state index in [1.54, 1.807) is 41.2 Å². The molecule has 1 fully saturated rings. The fourth-order valence-electron chi connectivity index (χ4n) is 2.98. The Hall–Kier alpha value is -2.28. The monoisotopic (exact) mass is 377 g/mol. The number of piperazine rings is 1. The maximum absolute atomic E-state index is 12.6. The number of nitrogens with one attached hydrogen (secondary N) is 1. The van der Waals surface area contributed by atoms with E-state index in [1.165, 1.54) is 0 Å². The molecule has 1 saturated heterocycles. The van der Waals surface area contributed by atoms with E-state index in [4.69, 9.17) is 4.74 Å². The molecule has 150 valence electrons. The summed E-state index contributed by atoms with van der Waals surface area (Å²) in [5.41, 5.74) is 0.512. The Bertz CT molecular complexity index is 623. The number of methoxy groups -OCH3 is 1. The minimum Gasteiger partial charge on any atom is -0.497 e. The van der Waals surface area contributed by atoms with Gasteiger partial charge in [0.05, 0.1) is 7.11 Å². The summed E-state index contributed by atoms with van der Waals surface area (Å²) in [4.78, 5) is 28.3. The van der Waals surface area contributed by atoms with Crippen LogP contribution in [0.2, 0.25) is 0 Å². The molecular formula is C20H31N3O4. The SMILES string of the molecule is COc1ccc(C(=O)N2CCN(C(=O)NCCCC(C)(C)CO)CC2)cc1. The van der Waals surface area contributed by atoms with Gasteiger partial charge in [0, 0.05) is 44.9 Å². The van der Waals surface area contributed by atoms with Crippen molar-refractivity contribution >= 4 is 11.9 Å². The molecular weight excluding hydrogens is 346 g/mol. The third-order valence-electron chi connectivity index (χ3n) is 4.93. The number of ether oxygens (including phenoxy) is 1. The van der Waals surface area contributed by atoms with E-state index in [0.717, 1.165) is 18.6 Å². The molecule has 0 aromatic heterocycles. The highest BCUT2D eigenvalue weighted by Gasteiger charge is 2.25. The summed E-state index contributed by atoms with van der Waals surface area (Å²) in [6, 6.07) is 6.97. The van der Waals surface area contributed by atoms with Gasteiger partial charge in [0.2, 0.25) is 0 Å². The quantitative estimate of drug-likeness (QED) is 0.712. The molecule has 1 aliphatic heterocycles. The van der Waals surface area contributed by atoms with Gasteiger partial charge in [-0.15, -0.1) is 0 Å². The summed E-state index contributed by atoms with van der Waals surface area (Å²) in [7, 11) is 1.59. The molecule has 1 aromatic rings. The first-order chi connectivity index (χ1) is 12.9. The Labute approximate surface area is 161 Å². The van der Waals surface area contributed by atoms with Gasteiger partial charge in [-0.1, -0.05) is 13.8 Å². The van der Waals surface area contributed by atoms with Crippen molar-refractivity contribution in [3.63, 3.8) is 0 Å². The Morgan fingerprint density at radius 1 is 1.11 bits per heavy atom. The third kappa shape index (κ3) is 6.13. The van der Waals surface area contributed by atoms with Gasteiger partial charge in [-0.3, -0.25) is 4.79 Å². The fraction of sp³-hybridized carbons (Fsp3) is 0.600. The molecule has 0 atom stereocenters. The van der Waals surface area contributed by atoms with Crippen LogP contribution in [0.1, 0.15) is 37.0 Å². The van der Waals surface area contributed by atoms with Gasteiger partial charge in [-0.25, -0.2) is 4.79 Å². The lowest BCUT2D eigenvalue weighted by Crippen LogP contribution is -2.53. The fourth-order valence-corrected chi connectivity index (χ4v) is 2.98. The van der Waals surface area contributed by atoms with Crippen LogP contribution in [-0.2, 0) is 0 Å². The number of benzene rings is 1. The predicted molar refractivity (Wildman–Crippen MR) is 104 cm³/mol. The average molecular weight is 377 g/mol. The van der Waals surface area contributed by atoms with E-state index in [9.17, 15) is 14.7 Å². The number of hydrogen-bond acceptors (Lipinski definition) is 4. The van der Waals surface area contributed by atoms with Gasteiger partial charge in [0.25, 0.3) is 5.91 Å². The number of carbonyl (C=O) groups excluding carboxylic acids is 2. The molecule has 2 N–H and O–H groups in total. The molecule has 7 heteroatoms. The summed E-state index contributed by atoms with van der Waals surface area (Å²) in [5.74, 6) is 0.694. The number of aliphatic hydroxyl groups is 1. The van der Waals surface area contributed by atoms with E-state index in [1.807, 2.05) is 13.8 Å². The lowest BCUT2D eigenvalue weighted by Gasteiger charge is -2.34. The molecule has 0 aliphatic carbocycles. The van der Waals surface area contributed by atoms with Crippen LogP contribution in [0, 0.1) is 5.41 Å². The van der Waals surface area contributed by atoms with Crippen molar-refractivity contribution in [3.05, 3.63) is 29.8 Å². The summed E-state index contributed by atoms with van der Waals surface area (Å²) in [5, 5.41) is 12.2. The molecule has 7 nitrogen and oxygen atoms in total. The first-order valence-corrected chi connectivity index (χ1v) is 9.43. The second-order valence-electron chi connectivity index (χ2n) is 7.67. The van der Waals surface area contributed by atoms with Crippen molar-refractivity contribution in [3.8, 4) is 5.75 Å². The molecule has 0 saturated carbocycles. The molecule has 1 aromatic carbocycles. The van der Waals surface area contributed by atoms with Gasteiger partial charge >= 0.3 is 6.03 Å². The van der Waals surface area contributed by atoms with Crippen molar-refractivity contribution < 1.29 is 19.4 Å². The normalized spacial score (nSPS) is 14.8. The zero-order valence-corrected chi connectivity index (χ0v) is 16.5. The van der Waals surface area contributed by atoms with E-state index < -0.39 is 0 Å². The van der Waals surface area contributed by atoms with Crippen LogP contribution >= 0.6 is 0 Å². The zero-order valence-electron chi connectivity index (χ0n) is 16.5. The Balaban J connectivity index is 1.73. The standard InChI is InChI=1S/C20H31N3O4/c1-20(2,15-24)9-4-10-21-19(26)23-13-11-22(12-14-23)18(25)16-5-7-17(27-3)8-6-16/h5-8,24H,4,9-15H2,1-3H3,(H,21,26). The number of amides is 3. The van der Waals surface area contributed by atoms with Crippen molar-refractivity contribution in [2.24, 2.45) is 5.41 Å². The maximum atomic E-state index is 12.6. The average Bonchev–Trinajstić information content (AvgIpc) is 2.70. The Morgan fingerprint density at radius 3 is 2.26 bits per heavy atom. The van der Waals surface area contributed by atoms with E-state index in [0.29, 0.717) is 38.3 Å². The molecule has 0 unspecified atom stereocenters. The molecule has 27 heavy (non-hydrogen) atoms. The molecule has 0 bridgehead atoms. The third-order valence-corrected chi connectivity index (χ3v) is 4.93. The summed E-state index contributed by atoms with van der Waals surface area (Å²) in [6.07, 6.45) is 1.68. The minimum absolute atomic E-state index is 0.0241. The lowest BCUT2D eigenvalue weighted by molar-refractivity contribution is 0.0665. The summed E-state index contributed by atoms with van der Waals surface area (Å²) < 4.78 is 5.11. The van der Waals surface area contributed by atoms with Crippen LogP contribution in [0.15, 0.2) is 24.3 Å². The number of hydrogen-bond donors (Lipinski definition) is 2.